The van der Waals surface area contributed by atoms with Crippen LogP contribution in [0.4, 0.5) is 11.4 Å². The maximum atomic E-state index is 5.98. The fourth-order valence-electron chi connectivity index (χ4n) is 3.77. The Morgan fingerprint density at radius 3 is 1.19 bits per heavy atom. The van der Waals surface area contributed by atoms with Gasteiger partial charge in [-0.2, -0.15) is 0 Å². The van der Waals surface area contributed by atoms with Gasteiger partial charge in [-0.1, -0.05) is 60.7 Å². The Kier molecular flexibility index (Phi) is 8.88. The topological polar surface area (TPSA) is 43.2 Å². The van der Waals surface area contributed by atoms with Gasteiger partial charge in [0.15, 0.2) is 0 Å². The van der Waals surface area contributed by atoms with Gasteiger partial charge in [-0.15, -0.1) is 0 Å². The van der Waals surface area contributed by atoms with Crippen molar-refractivity contribution in [1.82, 2.24) is 0 Å². The van der Waals surface area contributed by atoms with Crippen LogP contribution in [0.25, 0.3) is 0 Å². The van der Waals surface area contributed by atoms with Crippen LogP contribution in [0, 0.1) is 0 Å². The van der Waals surface area contributed by atoms with Crippen LogP contribution in [0.2, 0.25) is 0 Å². The second kappa shape index (κ2) is 12.7. The molecule has 0 aliphatic rings. The predicted molar refractivity (Wildman–Crippen MR) is 153 cm³/mol. The lowest BCUT2D eigenvalue weighted by Crippen LogP contribution is -2.12. The molecule has 188 valence electrons. The first-order valence-electron chi connectivity index (χ1n) is 12.8. The van der Waals surface area contributed by atoms with Crippen molar-refractivity contribution >= 4 is 23.2 Å². The van der Waals surface area contributed by atoms with Gasteiger partial charge in [0.1, 0.15) is 0 Å². The average molecular weight is 491 g/mol. The van der Waals surface area contributed by atoms with Crippen molar-refractivity contribution in [2.24, 2.45) is 9.98 Å². The van der Waals surface area contributed by atoms with E-state index in [1.54, 1.807) is 0 Å². The molecule has 4 nitrogen and oxygen atoms in total. The summed E-state index contributed by atoms with van der Waals surface area (Å²) in [6, 6.07) is 36.6. The molecule has 0 fully saturated rings. The largest absolute Gasteiger partial charge is 0.475 e. The molecule has 0 aliphatic heterocycles. The van der Waals surface area contributed by atoms with E-state index in [1.165, 1.54) is 11.1 Å². The number of ether oxygens (including phenoxy) is 2. The first kappa shape index (κ1) is 25.9. The Balaban J connectivity index is 1.47. The Hall–Kier alpha value is -4.18. The van der Waals surface area contributed by atoms with Crippen LogP contribution in [0.3, 0.4) is 0 Å². The molecule has 0 bridgehead atoms. The highest BCUT2D eigenvalue weighted by Crippen LogP contribution is 2.21. The highest BCUT2D eigenvalue weighted by molar-refractivity contribution is 5.96. The number of benzene rings is 4. The van der Waals surface area contributed by atoms with Gasteiger partial charge in [0, 0.05) is 11.1 Å². The SMILES string of the molecule is CC(C)O/C(=N\c1ccc(Cc2ccc(/N=C(\OC(C)C)c3ccccc3)cc2)cc1)c1ccccc1. The molecule has 0 unspecified atom stereocenters. The van der Waals surface area contributed by atoms with E-state index in [2.05, 4.69) is 24.3 Å². The van der Waals surface area contributed by atoms with Crippen molar-refractivity contribution in [3.05, 3.63) is 131 Å². The molecule has 0 aliphatic carbocycles. The second-order valence-corrected chi connectivity index (χ2v) is 9.41. The molecule has 0 N–H and O–H groups in total. The summed E-state index contributed by atoms with van der Waals surface area (Å²) in [5, 5.41) is 0. The van der Waals surface area contributed by atoms with Crippen molar-refractivity contribution in [3.8, 4) is 0 Å². The molecule has 0 saturated carbocycles. The lowest BCUT2D eigenvalue weighted by Gasteiger charge is -2.13. The summed E-state index contributed by atoms with van der Waals surface area (Å²) < 4.78 is 12.0. The van der Waals surface area contributed by atoms with Crippen molar-refractivity contribution in [2.45, 2.75) is 46.3 Å². The van der Waals surface area contributed by atoms with Crippen molar-refractivity contribution in [3.63, 3.8) is 0 Å². The molecule has 0 heterocycles. The van der Waals surface area contributed by atoms with Gasteiger partial charge in [0.25, 0.3) is 0 Å². The summed E-state index contributed by atoms with van der Waals surface area (Å²) in [6.45, 7) is 8.05. The summed E-state index contributed by atoms with van der Waals surface area (Å²) in [5.74, 6) is 1.27. The number of rotatable bonds is 8. The molecule has 0 aromatic heterocycles. The third kappa shape index (κ3) is 7.91. The van der Waals surface area contributed by atoms with Crippen LogP contribution >= 0.6 is 0 Å². The monoisotopic (exact) mass is 490 g/mol. The number of nitrogens with zero attached hydrogens (tertiary/aromatic N) is 2. The van der Waals surface area contributed by atoms with Crippen molar-refractivity contribution in [2.75, 3.05) is 0 Å². The van der Waals surface area contributed by atoms with E-state index in [0.29, 0.717) is 11.8 Å². The standard InChI is InChI=1S/C33H34N2O2/c1-24(2)36-32(28-11-7-5-8-12-28)34-30-19-15-26(16-20-30)23-27-17-21-31(22-18-27)35-33(37-25(3)4)29-13-9-6-10-14-29/h5-22,24-25H,23H2,1-4H3/b34-32-,35-33-. The summed E-state index contributed by atoms with van der Waals surface area (Å²) in [5.41, 5.74) is 6.11. The predicted octanol–water partition coefficient (Wildman–Crippen LogP) is 8.28. The molecular formula is C33H34N2O2. The zero-order valence-corrected chi connectivity index (χ0v) is 22.0. The molecular weight excluding hydrogens is 456 g/mol. The zero-order valence-electron chi connectivity index (χ0n) is 22.0. The van der Waals surface area contributed by atoms with Crippen LogP contribution in [0.15, 0.2) is 119 Å². The van der Waals surface area contributed by atoms with E-state index >= 15 is 0 Å². The molecule has 4 aromatic carbocycles. The van der Waals surface area contributed by atoms with E-state index in [0.717, 1.165) is 28.9 Å². The summed E-state index contributed by atoms with van der Waals surface area (Å²) in [4.78, 5) is 9.54. The Labute approximate surface area is 220 Å². The van der Waals surface area contributed by atoms with Gasteiger partial charge < -0.3 is 9.47 Å². The van der Waals surface area contributed by atoms with E-state index in [1.807, 2.05) is 113 Å². The minimum absolute atomic E-state index is 0.0474. The summed E-state index contributed by atoms with van der Waals surface area (Å²) in [6.07, 6.45) is 0.924. The first-order chi connectivity index (χ1) is 18.0. The highest BCUT2D eigenvalue weighted by Gasteiger charge is 2.09. The van der Waals surface area contributed by atoms with Crippen LogP contribution in [-0.2, 0) is 15.9 Å². The zero-order chi connectivity index (χ0) is 26.0. The smallest absolute Gasteiger partial charge is 0.221 e. The minimum atomic E-state index is 0.0474. The molecule has 4 aromatic rings. The lowest BCUT2D eigenvalue weighted by atomic mass is 10.0. The van der Waals surface area contributed by atoms with Crippen LogP contribution in [0.5, 0.6) is 0 Å². The first-order valence-corrected chi connectivity index (χ1v) is 12.8. The number of hydrogen-bond donors (Lipinski definition) is 0. The number of hydrogen-bond acceptors (Lipinski definition) is 4. The maximum absolute atomic E-state index is 5.98. The third-order valence-electron chi connectivity index (χ3n) is 5.48. The van der Waals surface area contributed by atoms with Crippen LogP contribution < -0.4 is 0 Å². The van der Waals surface area contributed by atoms with E-state index in [9.17, 15) is 0 Å². The number of aliphatic imine (C=N–C) groups is 2. The fraction of sp³-hybridized carbons (Fsp3) is 0.212. The molecule has 0 spiro atoms. The summed E-state index contributed by atoms with van der Waals surface area (Å²) in [7, 11) is 0. The molecule has 4 heteroatoms. The molecule has 4 rings (SSSR count). The normalized spacial score (nSPS) is 12.2. The Bertz CT molecular complexity index is 1200. The highest BCUT2D eigenvalue weighted by atomic mass is 16.5. The van der Waals surface area contributed by atoms with E-state index in [4.69, 9.17) is 19.5 Å². The van der Waals surface area contributed by atoms with Gasteiger partial charge >= 0.3 is 0 Å². The quantitative estimate of drug-likeness (QED) is 0.184. The van der Waals surface area contributed by atoms with Crippen LogP contribution in [-0.4, -0.2) is 24.0 Å². The van der Waals surface area contributed by atoms with Crippen molar-refractivity contribution < 1.29 is 9.47 Å². The van der Waals surface area contributed by atoms with Gasteiger partial charge in [-0.25, -0.2) is 9.98 Å². The minimum Gasteiger partial charge on any atom is -0.475 e. The molecule has 0 amide bonds. The van der Waals surface area contributed by atoms with Crippen LogP contribution in [0.1, 0.15) is 49.9 Å². The molecule has 0 radical (unpaired) electrons. The van der Waals surface area contributed by atoms with E-state index in [-0.39, 0.29) is 12.2 Å². The fourth-order valence-corrected chi connectivity index (χ4v) is 3.77. The van der Waals surface area contributed by atoms with Gasteiger partial charge in [0.2, 0.25) is 11.8 Å². The second-order valence-electron chi connectivity index (χ2n) is 9.41. The average Bonchev–Trinajstić information content (AvgIpc) is 2.90. The third-order valence-corrected chi connectivity index (χ3v) is 5.48. The molecule has 37 heavy (non-hydrogen) atoms. The maximum Gasteiger partial charge on any atom is 0.221 e. The van der Waals surface area contributed by atoms with Gasteiger partial charge in [-0.3, -0.25) is 0 Å². The summed E-state index contributed by atoms with van der Waals surface area (Å²) >= 11 is 0. The Morgan fingerprint density at radius 2 is 0.865 bits per heavy atom. The molecule has 0 saturated heterocycles. The van der Waals surface area contributed by atoms with Crippen molar-refractivity contribution in [1.29, 1.82) is 0 Å². The van der Waals surface area contributed by atoms with Gasteiger partial charge in [-0.05, 0) is 93.8 Å². The molecule has 0 atom stereocenters. The van der Waals surface area contributed by atoms with Gasteiger partial charge in [0.05, 0.1) is 23.6 Å². The Morgan fingerprint density at radius 1 is 0.514 bits per heavy atom. The van der Waals surface area contributed by atoms with E-state index < -0.39 is 0 Å². The lowest BCUT2D eigenvalue weighted by molar-refractivity contribution is 0.229.